The normalized spacial score (nSPS) is 25.5. The summed E-state index contributed by atoms with van der Waals surface area (Å²) in [5, 5.41) is 2.12. The molecule has 2 aliphatic rings. The van der Waals surface area contributed by atoms with E-state index in [4.69, 9.17) is 0 Å². The van der Waals surface area contributed by atoms with E-state index in [1.165, 1.54) is 4.88 Å². The molecule has 2 aromatic heterocycles. The highest BCUT2D eigenvalue weighted by Crippen LogP contribution is 2.36. The van der Waals surface area contributed by atoms with Crippen LogP contribution in [0.1, 0.15) is 17.7 Å². The van der Waals surface area contributed by atoms with Crippen molar-refractivity contribution in [1.29, 1.82) is 0 Å². The van der Waals surface area contributed by atoms with Crippen LogP contribution < -0.4 is 4.90 Å². The second kappa shape index (κ2) is 5.24. The molecule has 2 fully saturated rings. The maximum atomic E-state index is 12.4. The molecule has 1 amide bonds. The van der Waals surface area contributed by atoms with Crippen molar-refractivity contribution < 1.29 is 4.79 Å². The van der Waals surface area contributed by atoms with Crippen molar-refractivity contribution in [2.45, 2.75) is 31.5 Å². The van der Waals surface area contributed by atoms with E-state index < -0.39 is 0 Å². The van der Waals surface area contributed by atoms with Crippen molar-refractivity contribution in [2.24, 2.45) is 0 Å². The molecule has 2 aliphatic heterocycles. The number of carbonyl (C=O) groups is 1. The van der Waals surface area contributed by atoms with Gasteiger partial charge in [0.25, 0.3) is 0 Å². The van der Waals surface area contributed by atoms with E-state index in [0.717, 1.165) is 25.2 Å². The van der Waals surface area contributed by atoms with Gasteiger partial charge in [-0.2, -0.15) is 0 Å². The number of amides is 1. The number of hydrogen-bond acceptors (Lipinski definition) is 4. The Morgan fingerprint density at radius 1 is 1.29 bits per heavy atom. The Bertz CT molecular complexity index is 628. The number of pyridine rings is 1. The first-order valence-electron chi connectivity index (χ1n) is 7.31. The summed E-state index contributed by atoms with van der Waals surface area (Å²) >= 11 is 1.79. The third-order valence-electron chi connectivity index (χ3n) is 4.47. The van der Waals surface area contributed by atoms with Gasteiger partial charge in [0.2, 0.25) is 5.91 Å². The van der Waals surface area contributed by atoms with Crippen LogP contribution in [0.15, 0.2) is 42.0 Å². The number of aromatic nitrogens is 1. The Labute approximate surface area is 128 Å². The number of likely N-dealkylation sites (tertiary alicyclic amines) is 1. The number of fused-ring (bicyclic) bond motifs is 1. The van der Waals surface area contributed by atoms with Crippen LogP contribution in [0.2, 0.25) is 0 Å². The Morgan fingerprint density at radius 3 is 3.00 bits per heavy atom. The van der Waals surface area contributed by atoms with Crippen molar-refractivity contribution in [1.82, 2.24) is 9.88 Å². The summed E-state index contributed by atoms with van der Waals surface area (Å²) in [4.78, 5) is 22.4. The van der Waals surface area contributed by atoms with Gasteiger partial charge in [0.05, 0.1) is 17.9 Å². The minimum atomic E-state index is 0.230. The Hall–Kier alpha value is -1.72. The molecule has 0 N–H and O–H groups in total. The number of anilines is 1. The van der Waals surface area contributed by atoms with Crippen LogP contribution >= 0.6 is 11.3 Å². The van der Waals surface area contributed by atoms with Gasteiger partial charge in [-0.15, -0.1) is 11.3 Å². The first-order chi connectivity index (χ1) is 10.3. The number of rotatable bonds is 3. The van der Waals surface area contributed by atoms with Gasteiger partial charge in [0.1, 0.15) is 0 Å². The zero-order chi connectivity index (χ0) is 14.2. The quantitative estimate of drug-likeness (QED) is 0.874. The van der Waals surface area contributed by atoms with Crippen molar-refractivity contribution in [3.63, 3.8) is 0 Å². The molecule has 4 rings (SSSR count). The summed E-state index contributed by atoms with van der Waals surface area (Å²) in [5.74, 6) is 0.230. The number of thiophene rings is 1. The van der Waals surface area contributed by atoms with Gasteiger partial charge in [0, 0.05) is 36.6 Å². The van der Waals surface area contributed by atoms with E-state index in [2.05, 4.69) is 27.4 Å². The van der Waals surface area contributed by atoms with Crippen LogP contribution in [0.4, 0.5) is 5.69 Å². The average molecular weight is 299 g/mol. The van der Waals surface area contributed by atoms with Gasteiger partial charge in [0.15, 0.2) is 0 Å². The molecular weight excluding hydrogens is 282 g/mol. The predicted octanol–water partition coefficient (Wildman–Crippen LogP) is 2.52. The predicted molar refractivity (Wildman–Crippen MR) is 83.3 cm³/mol. The lowest BCUT2D eigenvalue weighted by atomic mass is 10.1. The van der Waals surface area contributed by atoms with Crippen LogP contribution in [-0.2, 0) is 11.3 Å². The molecule has 2 unspecified atom stereocenters. The second-order valence-corrected chi connectivity index (χ2v) is 6.68. The van der Waals surface area contributed by atoms with Crippen LogP contribution in [-0.4, -0.2) is 34.4 Å². The third kappa shape index (κ3) is 2.26. The van der Waals surface area contributed by atoms with E-state index in [9.17, 15) is 4.79 Å². The SMILES string of the molecule is O=C1CC2C(CCN2Cc2cccs2)N1c1cccnc1. The standard InChI is InChI=1S/C16H17N3OS/c20-16-9-15-14(19(16)12-3-1-6-17-10-12)5-7-18(15)11-13-4-2-8-21-13/h1-4,6,8,10,14-15H,5,7,9,11H2. The van der Waals surface area contributed by atoms with E-state index in [1.54, 1.807) is 23.7 Å². The van der Waals surface area contributed by atoms with Crippen LogP contribution in [0.5, 0.6) is 0 Å². The summed E-state index contributed by atoms with van der Waals surface area (Å²) < 4.78 is 0. The molecule has 0 radical (unpaired) electrons. The largest absolute Gasteiger partial charge is 0.306 e. The van der Waals surface area contributed by atoms with E-state index in [0.29, 0.717) is 18.5 Å². The third-order valence-corrected chi connectivity index (χ3v) is 5.33. The van der Waals surface area contributed by atoms with Gasteiger partial charge in [-0.25, -0.2) is 0 Å². The Morgan fingerprint density at radius 2 is 2.24 bits per heavy atom. The van der Waals surface area contributed by atoms with Gasteiger partial charge in [-0.05, 0) is 30.0 Å². The molecule has 0 aromatic carbocycles. The maximum Gasteiger partial charge on any atom is 0.229 e. The van der Waals surface area contributed by atoms with Gasteiger partial charge in [-0.3, -0.25) is 14.7 Å². The molecule has 2 aromatic rings. The first-order valence-corrected chi connectivity index (χ1v) is 8.19. The highest BCUT2D eigenvalue weighted by atomic mass is 32.1. The van der Waals surface area contributed by atoms with Crippen LogP contribution in [0.3, 0.4) is 0 Å². The lowest BCUT2D eigenvalue weighted by Crippen LogP contribution is -2.37. The van der Waals surface area contributed by atoms with Gasteiger partial charge >= 0.3 is 0 Å². The smallest absolute Gasteiger partial charge is 0.229 e. The van der Waals surface area contributed by atoms with E-state index in [1.807, 2.05) is 17.0 Å². The van der Waals surface area contributed by atoms with Gasteiger partial charge < -0.3 is 4.90 Å². The second-order valence-electron chi connectivity index (χ2n) is 5.65. The molecule has 0 aliphatic carbocycles. The molecule has 0 spiro atoms. The molecule has 5 heteroatoms. The summed E-state index contributed by atoms with van der Waals surface area (Å²) in [7, 11) is 0. The van der Waals surface area contributed by atoms with Gasteiger partial charge in [-0.1, -0.05) is 6.07 Å². The monoisotopic (exact) mass is 299 g/mol. The van der Waals surface area contributed by atoms with E-state index >= 15 is 0 Å². The minimum Gasteiger partial charge on any atom is -0.306 e. The molecule has 2 saturated heterocycles. The Kier molecular flexibility index (Phi) is 3.24. The topological polar surface area (TPSA) is 36.4 Å². The average Bonchev–Trinajstić information content (AvgIpc) is 3.19. The highest BCUT2D eigenvalue weighted by molar-refractivity contribution is 7.09. The van der Waals surface area contributed by atoms with Crippen molar-refractivity contribution in [3.05, 3.63) is 46.9 Å². The lowest BCUT2D eigenvalue weighted by Gasteiger charge is -2.25. The molecule has 0 saturated carbocycles. The summed E-state index contributed by atoms with van der Waals surface area (Å²) in [6.07, 6.45) is 5.23. The zero-order valence-electron chi connectivity index (χ0n) is 11.7. The Balaban J connectivity index is 1.55. The molecule has 4 nitrogen and oxygen atoms in total. The number of nitrogens with zero attached hydrogens (tertiary/aromatic N) is 3. The molecular formula is C16H17N3OS. The molecule has 4 heterocycles. The van der Waals surface area contributed by atoms with Crippen LogP contribution in [0, 0.1) is 0 Å². The summed E-state index contributed by atoms with van der Waals surface area (Å²) in [5.41, 5.74) is 0.938. The van der Waals surface area contributed by atoms with Crippen molar-refractivity contribution in [3.8, 4) is 0 Å². The number of carbonyl (C=O) groups excluding carboxylic acids is 1. The molecule has 108 valence electrons. The minimum absolute atomic E-state index is 0.230. The highest BCUT2D eigenvalue weighted by Gasteiger charge is 2.47. The lowest BCUT2D eigenvalue weighted by molar-refractivity contribution is -0.117. The molecule has 2 atom stereocenters. The molecule has 21 heavy (non-hydrogen) atoms. The summed E-state index contributed by atoms with van der Waals surface area (Å²) in [6.45, 7) is 2.03. The first kappa shape index (κ1) is 13.0. The molecule has 0 bridgehead atoms. The van der Waals surface area contributed by atoms with Crippen LogP contribution in [0.25, 0.3) is 0 Å². The maximum absolute atomic E-state index is 12.4. The van der Waals surface area contributed by atoms with Crippen molar-refractivity contribution >= 4 is 22.9 Å². The van der Waals surface area contributed by atoms with E-state index in [-0.39, 0.29) is 5.91 Å². The fourth-order valence-corrected chi connectivity index (χ4v) is 4.29. The van der Waals surface area contributed by atoms with Crippen molar-refractivity contribution in [2.75, 3.05) is 11.4 Å². The number of hydrogen-bond donors (Lipinski definition) is 0. The fourth-order valence-electron chi connectivity index (χ4n) is 3.56. The zero-order valence-corrected chi connectivity index (χ0v) is 12.5. The fraction of sp³-hybridized carbons (Fsp3) is 0.375. The summed E-state index contributed by atoms with van der Waals surface area (Å²) in [6, 6.07) is 8.80.